The Balaban J connectivity index is 1.52. The summed E-state index contributed by atoms with van der Waals surface area (Å²) in [6.45, 7) is 0. The molecule has 1 aromatic carbocycles. The smallest absolute Gasteiger partial charge is 0.280 e. The minimum atomic E-state index is -3.83. The van der Waals surface area contributed by atoms with E-state index in [1.807, 2.05) is 17.5 Å². The molecule has 0 aliphatic carbocycles. The summed E-state index contributed by atoms with van der Waals surface area (Å²) in [6.07, 6.45) is 5.95. The van der Waals surface area contributed by atoms with Crippen molar-refractivity contribution in [2.45, 2.75) is 5.03 Å². The first-order chi connectivity index (χ1) is 15.4. The molecule has 5 aromatic rings. The monoisotopic (exact) mass is 464 g/mol. The summed E-state index contributed by atoms with van der Waals surface area (Å²) in [4.78, 5) is 21.7. The van der Waals surface area contributed by atoms with Gasteiger partial charge in [0.25, 0.3) is 10.0 Å². The Labute approximate surface area is 187 Å². The molecule has 4 heterocycles. The highest BCUT2D eigenvalue weighted by molar-refractivity contribution is 7.92. The summed E-state index contributed by atoms with van der Waals surface area (Å²) in [5.74, 6) is -0.142. The van der Waals surface area contributed by atoms with Crippen LogP contribution in [0.5, 0.6) is 0 Å². The zero-order valence-corrected chi connectivity index (χ0v) is 18.3. The number of carbonyl (C=O) groups excluding carboxylic acids is 1. The van der Waals surface area contributed by atoms with E-state index in [0.717, 1.165) is 0 Å². The highest BCUT2D eigenvalue weighted by Gasteiger charge is 2.20. The minimum absolute atomic E-state index is 0.0690. The normalized spacial score (nSPS) is 11.7. The van der Waals surface area contributed by atoms with E-state index in [2.05, 4.69) is 19.8 Å². The zero-order chi connectivity index (χ0) is 22.3. The third kappa shape index (κ3) is 3.57. The molecule has 9 nitrogen and oxygen atoms in total. The molecule has 5 rings (SSSR count). The molecule has 0 aliphatic rings. The molecule has 32 heavy (non-hydrogen) atoms. The van der Waals surface area contributed by atoms with Crippen LogP contribution in [0.15, 0.2) is 77.8 Å². The standard InChI is InChI=1S/C21H16N6O3S2/c1-26-12-19(23-13-26)32(29,30)25-15-5-2-4-14(10-15)17-7-8-22-21-16(11-24-27(17)21)20(28)18-6-3-9-31-18/h2-13,25H,1H3. The van der Waals surface area contributed by atoms with E-state index in [1.165, 1.54) is 30.1 Å². The molecule has 0 fully saturated rings. The Bertz CT molecular complexity index is 1550. The van der Waals surface area contributed by atoms with Crippen molar-refractivity contribution in [1.29, 1.82) is 0 Å². The van der Waals surface area contributed by atoms with E-state index < -0.39 is 10.0 Å². The number of thiophene rings is 1. The molecule has 0 saturated carbocycles. The van der Waals surface area contributed by atoms with Crippen molar-refractivity contribution in [3.8, 4) is 11.3 Å². The molecular formula is C21H16N6O3S2. The van der Waals surface area contributed by atoms with Crippen LogP contribution < -0.4 is 4.72 Å². The van der Waals surface area contributed by atoms with Gasteiger partial charge in [-0.1, -0.05) is 18.2 Å². The van der Waals surface area contributed by atoms with Crippen LogP contribution >= 0.6 is 11.3 Å². The highest BCUT2D eigenvalue weighted by Crippen LogP contribution is 2.26. The van der Waals surface area contributed by atoms with Crippen LogP contribution in [0.2, 0.25) is 0 Å². The number of nitrogens with one attached hydrogen (secondary N) is 1. The van der Waals surface area contributed by atoms with Crippen molar-refractivity contribution < 1.29 is 13.2 Å². The molecular weight excluding hydrogens is 448 g/mol. The summed E-state index contributed by atoms with van der Waals surface area (Å²) in [5.41, 5.74) is 2.58. The molecule has 0 unspecified atom stereocenters. The lowest BCUT2D eigenvalue weighted by Crippen LogP contribution is -2.13. The molecule has 1 N–H and O–H groups in total. The lowest BCUT2D eigenvalue weighted by molar-refractivity contribution is 0.104. The van der Waals surface area contributed by atoms with Crippen LogP contribution in [-0.2, 0) is 17.1 Å². The Hall–Kier alpha value is -3.83. The van der Waals surface area contributed by atoms with Gasteiger partial charge in [0.1, 0.15) is 0 Å². The van der Waals surface area contributed by atoms with Gasteiger partial charge in [0, 0.05) is 30.7 Å². The summed E-state index contributed by atoms with van der Waals surface area (Å²) in [7, 11) is -2.13. The summed E-state index contributed by atoms with van der Waals surface area (Å²) in [5, 5.41) is 6.14. The first-order valence-electron chi connectivity index (χ1n) is 9.44. The van der Waals surface area contributed by atoms with E-state index in [1.54, 1.807) is 52.7 Å². The number of sulfonamides is 1. The van der Waals surface area contributed by atoms with Gasteiger partial charge < -0.3 is 4.57 Å². The third-order valence-electron chi connectivity index (χ3n) is 4.76. The molecule has 11 heteroatoms. The number of hydrogen-bond acceptors (Lipinski definition) is 7. The lowest BCUT2D eigenvalue weighted by atomic mass is 10.1. The van der Waals surface area contributed by atoms with Gasteiger partial charge in [0.05, 0.1) is 28.7 Å². The van der Waals surface area contributed by atoms with E-state index in [0.29, 0.717) is 33.0 Å². The second-order valence-corrected chi connectivity index (χ2v) is 9.57. The maximum absolute atomic E-state index is 12.8. The Kier molecular flexibility index (Phi) is 4.83. The fourth-order valence-corrected chi connectivity index (χ4v) is 5.00. The van der Waals surface area contributed by atoms with Crippen LogP contribution in [0.1, 0.15) is 15.2 Å². The number of benzene rings is 1. The Morgan fingerprint density at radius 1 is 1.12 bits per heavy atom. The SMILES string of the molecule is Cn1cnc(S(=O)(=O)Nc2cccc(-c3ccnc4c(C(=O)c5cccs5)cnn34)c2)c1. The van der Waals surface area contributed by atoms with Crippen LogP contribution in [0.25, 0.3) is 16.9 Å². The van der Waals surface area contributed by atoms with Gasteiger partial charge in [-0.15, -0.1) is 11.3 Å². The van der Waals surface area contributed by atoms with Crippen LogP contribution in [0, 0.1) is 0 Å². The van der Waals surface area contributed by atoms with E-state index >= 15 is 0 Å². The van der Waals surface area contributed by atoms with Gasteiger partial charge in [0.2, 0.25) is 5.78 Å². The third-order valence-corrected chi connectivity index (χ3v) is 6.89. The van der Waals surface area contributed by atoms with Crippen LogP contribution in [-0.4, -0.2) is 38.4 Å². The Morgan fingerprint density at radius 3 is 2.75 bits per heavy atom. The molecule has 0 saturated heterocycles. The van der Waals surface area contributed by atoms with Crippen molar-refractivity contribution in [2.24, 2.45) is 7.05 Å². The number of rotatable bonds is 6. The zero-order valence-electron chi connectivity index (χ0n) is 16.7. The average Bonchev–Trinajstić information content (AvgIpc) is 3.53. The second kappa shape index (κ2) is 7.70. The maximum atomic E-state index is 12.8. The molecule has 4 aromatic heterocycles. The topological polar surface area (TPSA) is 111 Å². The predicted molar refractivity (Wildman–Crippen MR) is 120 cm³/mol. The van der Waals surface area contributed by atoms with Crippen LogP contribution in [0.4, 0.5) is 5.69 Å². The number of aromatic nitrogens is 5. The van der Waals surface area contributed by atoms with E-state index in [-0.39, 0.29) is 10.8 Å². The number of imidazole rings is 1. The van der Waals surface area contributed by atoms with Gasteiger partial charge in [-0.3, -0.25) is 9.52 Å². The first kappa shape index (κ1) is 20.1. The molecule has 0 aliphatic heterocycles. The maximum Gasteiger partial charge on any atom is 0.280 e. The van der Waals surface area contributed by atoms with Crippen molar-refractivity contribution in [2.75, 3.05) is 4.72 Å². The summed E-state index contributed by atoms with van der Waals surface area (Å²) < 4.78 is 30.9. The second-order valence-electron chi connectivity index (χ2n) is 6.99. The van der Waals surface area contributed by atoms with Gasteiger partial charge in [-0.05, 0) is 29.6 Å². The number of nitrogens with zero attached hydrogens (tertiary/aromatic N) is 5. The molecule has 0 amide bonds. The molecule has 0 spiro atoms. The number of aryl methyl sites for hydroxylation is 1. The number of anilines is 1. The summed E-state index contributed by atoms with van der Waals surface area (Å²) >= 11 is 1.36. The Morgan fingerprint density at radius 2 is 2.00 bits per heavy atom. The minimum Gasteiger partial charge on any atom is -0.339 e. The van der Waals surface area contributed by atoms with Gasteiger partial charge in [-0.2, -0.15) is 13.5 Å². The van der Waals surface area contributed by atoms with Crippen molar-refractivity contribution in [3.63, 3.8) is 0 Å². The van der Waals surface area contributed by atoms with Crippen molar-refractivity contribution >= 4 is 38.5 Å². The molecule has 0 atom stereocenters. The summed E-state index contributed by atoms with van der Waals surface area (Å²) in [6, 6.07) is 12.2. The quantitative estimate of drug-likeness (QED) is 0.386. The number of carbonyl (C=O) groups is 1. The van der Waals surface area contributed by atoms with Crippen LogP contribution in [0.3, 0.4) is 0 Å². The fourth-order valence-electron chi connectivity index (χ4n) is 3.29. The van der Waals surface area contributed by atoms with E-state index in [9.17, 15) is 13.2 Å². The molecule has 0 bridgehead atoms. The van der Waals surface area contributed by atoms with Gasteiger partial charge in [-0.25, -0.2) is 14.5 Å². The average molecular weight is 465 g/mol. The first-order valence-corrected chi connectivity index (χ1v) is 11.8. The van der Waals surface area contributed by atoms with Gasteiger partial charge in [0.15, 0.2) is 10.7 Å². The van der Waals surface area contributed by atoms with E-state index in [4.69, 9.17) is 0 Å². The van der Waals surface area contributed by atoms with Crippen molar-refractivity contribution in [1.82, 2.24) is 24.1 Å². The predicted octanol–water partition coefficient (Wildman–Crippen LogP) is 3.22. The fraction of sp³-hybridized carbons (Fsp3) is 0.0476. The number of hydrogen-bond donors (Lipinski definition) is 1. The largest absolute Gasteiger partial charge is 0.339 e. The van der Waals surface area contributed by atoms with Gasteiger partial charge >= 0.3 is 0 Å². The number of ketones is 1. The van der Waals surface area contributed by atoms with Crippen molar-refractivity contribution in [3.05, 3.63) is 83.2 Å². The molecule has 160 valence electrons. The highest BCUT2D eigenvalue weighted by atomic mass is 32.2. The lowest BCUT2D eigenvalue weighted by Gasteiger charge is -2.09. The number of fused-ring (bicyclic) bond motifs is 1. The molecule has 0 radical (unpaired) electrons.